The van der Waals surface area contributed by atoms with Crippen LogP contribution in [0.15, 0.2) is 53.5 Å². The summed E-state index contributed by atoms with van der Waals surface area (Å²) < 4.78 is 2.26. The molecule has 176 valence electrons. The minimum Gasteiger partial charge on any atom is -0.357 e. The zero-order chi connectivity index (χ0) is 23.6. The summed E-state index contributed by atoms with van der Waals surface area (Å²) in [7, 11) is 0. The lowest BCUT2D eigenvalue weighted by molar-refractivity contribution is 0.250. The van der Waals surface area contributed by atoms with Gasteiger partial charge in [0.2, 0.25) is 0 Å². The Morgan fingerprint density at radius 2 is 1.85 bits per heavy atom. The van der Waals surface area contributed by atoms with Crippen LogP contribution in [0.4, 0.5) is 10.5 Å². The van der Waals surface area contributed by atoms with Crippen molar-refractivity contribution in [2.24, 2.45) is 4.99 Å². The topological polar surface area (TPSA) is 95.4 Å². The smallest absolute Gasteiger partial charge is 0.319 e. The third-order valence-corrected chi connectivity index (χ3v) is 5.09. The van der Waals surface area contributed by atoms with Crippen LogP contribution >= 0.6 is 0 Å². The molecule has 2 amide bonds. The molecule has 1 aromatic heterocycles. The van der Waals surface area contributed by atoms with Crippen molar-refractivity contribution in [3.05, 3.63) is 59.9 Å². The zero-order valence-electron chi connectivity index (χ0n) is 20.0. The summed E-state index contributed by atoms with van der Waals surface area (Å²) in [5.41, 5.74) is 4.05. The van der Waals surface area contributed by atoms with Crippen molar-refractivity contribution < 1.29 is 4.79 Å². The summed E-state index contributed by atoms with van der Waals surface area (Å²) in [6, 6.07) is 15.9. The van der Waals surface area contributed by atoms with E-state index in [1.807, 2.05) is 44.2 Å². The van der Waals surface area contributed by atoms with Gasteiger partial charge in [0.25, 0.3) is 0 Å². The number of fused-ring (bicyclic) bond motifs is 1. The normalized spacial score (nSPS) is 11.6. The lowest BCUT2D eigenvalue weighted by Gasteiger charge is -2.13. The number of imidazole rings is 1. The molecule has 0 unspecified atom stereocenters. The summed E-state index contributed by atoms with van der Waals surface area (Å²) >= 11 is 0. The first-order valence-corrected chi connectivity index (χ1v) is 11.6. The molecule has 0 aliphatic heterocycles. The Kier molecular flexibility index (Phi) is 8.69. The molecule has 0 fully saturated rings. The second-order valence-electron chi connectivity index (χ2n) is 8.22. The molecular formula is C25H35N7O. The van der Waals surface area contributed by atoms with Gasteiger partial charge in [-0.15, -0.1) is 0 Å². The van der Waals surface area contributed by atoms with Crippen molar-refractivity contribution in [3.63, 3.8) is 0 Å². The Morgan fingerprint density at radius 1 is 1.09 bits per heavy atom. The quantitative estimate of drug-likeness (QED) is 0.225. The van der Waals surface area contributed by atoms with Crippen LogP contribution in [0, 0.1) is 6.92 Å². The minimum absolute atomic E-state index is 0.0962. The fourth-order valence-electron chi connectivity index (χ4n) is 3.56. The number of hydrogen-bond donors (Lipinski definition) is 4. The molecule has 2 aromatic carbocycles. The number of nitrogens with one attached hydrogen (secondary N) is 4. The Morgan fingerprint density at radius 3 is 2.58 bits per heavy atom. The van der Waals surface area contributed by atoms with Crippen LogP contribution in [0.1, 0.15) is 38.6 Å². The lowest BCUT2D eigenvalue weighted by Crippen LogP contribution is -2.38. The van der Waals surface area contributed by atoms with Crippen LogP contribution in [-0.2, 0) is 13.1 Å². The summed E-state index contributed by atoms with van der Waals surface area (Å²) in [6.45, 7) is 11.0. The Hall–Kier alpha value is -3.55. The Balaban J connectivity index is 1.49. The van der Waals surface area contributed by atoms with Gasteiger partial charge in [-0.25, -0.2) is 14.8 Å². The number of benzene rings is 2. The summed E-state index contributed by atoms with van der Waals surface area (Å²) in [4.78, 5) is 21.1. The van der Waals surface area contributed by atoms with Gasteiger partial charge in [0.15, 0.2) is 5.96 Å². The van der Waals surface area contributed by atoms with Crippen molar-refractivity contribution in [2.75, 3.05) is 18.4 Å². The van der Waals surface area contributed by atoms with E-state index >= 15 is 0 Å². The first-order valence-electron chi connectivity index (χ1n) is 11.6. The largest absolute Gasteiger partial charge is 0.357 e. The number of aliphatic imine (C=N–C) groups is 1. The van der Waals surface area contributed by atoms with E-state index in [0.717, 1.165) is 54.6 Å². The van der Waals surface area contributed by atoms with E-state index in [9.17, 15) is 4.79 Å². The predicted molar refractivity (Wildman–Crippen MR) is 136 cm³/mol. The van der Waals surface area contributed by atoms with E-state index in [2.05, 4.69) is 62.9 Å². The molecule has 0 saturated heterocycles. The fourth-order valence-corrected chi connectivity index (χ4v) is 3.56. The molecule has 0 bridgehead atoms. The number of urea groups is 1. The second kappa shape index (κ2) is 11.9. The van der Waals surface area contributed by atoms with Gasteiger partial charge < -0.3 is 25.8 Å². The number of anilines is 1. The van der Waals surface area contributed by atoms with Gasteiger partial charge in [-0.05, 0) is 63.9 Å². The second-order valence-corrected chi connectivity index (χ2v) is 8.22. The monoisotopic (exact) mass is 449 g/mol. The highest BCUT2D eigenvalue weighted by Crippen LogP contribution is 2.15. The maximum Gasteiger partial charge on any atom is 0.319 e. The number of aromatic nitrogens is 2. The van der Waals surface area contributed by atoms with E-state index in [-0.39, 0.29) is 12.1 Å². The molecule has 0 atom stereocenters. The van der Waals surface area contributed by atoms with Gasteiger partial charge >= 0.3 is 6.03 Å². The Labute approximate surface area is 195 Å². The molecule has 3 aromatic rings. The highest BCUT2D eigenvalue weighted by Gasteiger charge is 2.06. The number of carbonyl (C=O) groups is 1. The van der Waals surface area contributed by atoms with E-state index < -0.39 is 0 Å². The van der Waals surface area contributed by atoms with Gasteiger partial charge in [0.05, 0.1) is 17.6 Å². The summed E-state index contributed by atoms with van der Waals surface area (Å²) in [5.74, 6) is 1.83. The average molecular weight is 450 g/mol. The van der Waals surface area contributed by atoms with Crippen molar-refractivity contribution in [2.45, 2.75) is 53.2 Å². The van der Waals surface area contributed by atoms with Gasteiger partial charge in [-0.3, -0.25) is 0 Å². The van der Waals surface area contributed by atoms with E-state index in [0.29, 0.717) is 6.54 Å². The Bertz CT molecular complexity index is 1070. The molecule has 3 rings (SSSR count). The van der Waals surface area contributed by atoms with Gasteiger partial charge in [0, 0.05) is 31.4 Å². The number of guanidine groups is 1. The maximum absolute atomic E-state index is 11.8. The third kappa shape index (κ3) is 7.24. The highest BCUT2D eigenvalue weighted by molar-refractivity contribution is 5.89. The van der Waals surface area contributed by atoms with Gasteiger partial charge in [-0.1, -0.05) is 24.3 Å². The molecule has 0 aliphatic rings. The first kappa shape index (κ1) is 24.1. The van der Waals surface area contributed by atoms with E-state index in [1.54, 1.807) is 0 Å². The SMILES string of the molecule is CCNC(=NCc1ccc(NC(=O)NC(C)C)cc1)NCCCn1c(C)nc2ccccc21. The van der Waals surface area contributed by atoms with Gasteiger partial charge in [0.1, 0.15) is 5.82 Å². The molecule has 8 nitrogen and oxygen atoms in total. The third-order valence-electron chi connectivity index (χ3n) is 5.09. The molecule has 0 spiro atoms. The van der Waals surface area contributed by atoms with Gasteiger partial charge in [-0.2, -0.15) is 0 Å². The average Bonchev–Trinajstić information content (AvgIpc) is 3.10. The predicted octanol–water partition coefficient (Wildman–Crippen LogP) is 4.02. The van der Waals surface area contributed by atoms with Crippen LogP contribution in [0.2, 0.25) is 0 Å². The molecule has 33 heavy (non-hydrogen) atoms. The number of nitrogens with zero attached hydrogens (tertiary/aromatic N) is 3. The van der Waals surface area contributed by atoms with E-state index in [1.165, 1.54) is 5.52 Å². The molecular weight excluding hydrogens is 414 g/mol. The number of amides is 2. The van der Waals surface area contributed by atoms with Crippen LogP contribution in [0.3, 0.4) is 0 Å². The molecule has 8 heteroatoms. The number of para-hydroxylation sites is 2. The zero-order valence-corrected chi connectivity index (χ0v) is 20.0. The fraction of sp³-hybridized carbons (Fsp3) is 0.400. The first-order chi connectivity index (χ1) is 16.0. The summed E-state index contributed by atoms with van der Waals surface area (Å²) in [5, 5.41) is 12.4. The van der Waals surface area contributed by atoms with Crippen molar-refractivity contribution >= 4 is 28.7 Å². The van der Waals surface area contributed by atoms with Crippen molar-refractivity contribution in [1.29, 1.82) is 0 Å². The summed E-state index contributed by atoms with van der Waals surface area (Å²) in [6.07, 6.45) is 0.963. The minimum atomic E-state index is -0.201. The van der Waals surface area contributed by atoms with Crippen LogP contribution < -0.4 is 21.3 Å². The molecule has 4 N–H and O–H groups in total. The number of hydrogen-bond acceptors (Lipinski definition) is 3. The number of rotatable bonds is 9. The van der Waals surface area contributed by atoms with Crippen molar-refractivity contribution in [1.82, 2.24) is 25.5 Å². The van der Waals surface area contributed by atoms with Crippen LogP contribution in [-0.4, -0.2) is 40.7 Å². The van der Waals surface area contributed by atoms with E-state index in [4.69, 9.17) is 4.99 Å². The molecule has 0 saturated carbocycles. The molecule has 0 aliphatic carbocycles. The van der Waals surface area contributed by atoms with Crippen LogP contribution in [0.25, 0.3) is 11.0 Å². The standard InChI is InChI=1S/C25H35N7O/c1-5-26-24(27-15-8-16-32-19(4)30-22-9-6-7-10-23(22)32)28-17-20-11-13-21(14-12-20)31-25(33)29-18(2)3/h6-7,9-14,18H,5,8,15-17H2,1-4H3,(H2,26,27,28)(H2,29,31,33). The maximum atomic E-state index is 11.8. The lowest BCUT2D eigenvalue weighted by atomic mass is 10.2. The molecule has 1 heterocycles. The number of aryl methyl sites for hydroxylation is 2. The van der Waals surface area contributed by atoms with Crippen LogP contribution in [0.5, 0.6) is 0 Å². The number of carbonyl (C=O) groups excluding carboxylic acids is 1. The molecule has 0 radical (unpaired) electrons. The highest BCUT2D eigenvalue weighted by atomic mass is 16.2. The van der Waals surface area contributed by atoms with Crippen molar-refractivity contribution in [3.8, 4) is 0 Å².